The summed E-state index contributed by atoms with van der Waals surface area (Å²) in [6, 6.07) is -0.0316. The van der Waals surface area contributed by atoms with Crippen LogP contribution in [0.5, 0.6) is 0 Å². The number of hydrogen-bond donors (Lipinski definition) is 2. The minimum absolute atomic E-state index is 0.0423. The Balaban J connectivity index is 1.38. The summed E-state index contributed by atoms with van der Waals surface area (Å²) in [5.74, 6) is -3.36. The number of hydrogen-bond acceptors (Lipinski definition) is 5. The molecule has 204 valence electrons. The molecule has 0 bridgehead atoms. The van der Waals surface area contributed by atoms with Crippen LogP contribution in [0.3, 0.4) is 0 Å². The van der Waals surface area contributed by atoms with Crippen LogP contribution in [0.25, 0.3) is 5.65 Å². The standard InChI is InChI=1S/C24H25F5N6O2S/c1-13-16(12-38-33-13)21(36)32-20(15-2-5-23(25,26)6-3-15)17-10-34-7-4-14(8-19(34)30-17)9-35-11-18(24(27,28)29)31-22(35)37/h4,7-8,10,12,15,18,20H,2-3,5-6,9,11H2,1H3,(H,31,37)(H,32,36)/t18-,20-/m0/s1. The van der Waals surface area contributed by atoms with E-state index in [0.29, 0.717) is 28.2 Å². The SMILES string of the molecule is Cc1nscc1C(=O)N[C@H](c1cn2ccc(CN3C[C@@H](C(F)(F)F)NC3=O)cc2n1)C1CCC(F)(F)CC1. The summed E-state index contributed by atoms with van der Waals surface area (Å²) in [5.41, 5.74) is 2.50. The van der Waals surface area contributed by atoms with Crippen molar-refractivity contribution in [3.05, 3.63) is 52.4 Å². The number of rotatable bonds is 6. The largest absolute Gasteiger partial charge is 0.410 e. The first-order valence-corrected chi connectivity index (χ1v) is 12.9. The molecule has 14 heteroatoms. The molecule has 1 saturated carbocycles. The van der Waals surface area contributed by atoms with Gasteiger partial charge in [0.15, 0.2) is 0 Å². The van der Waals surface area contributed by atoms with Crippen molar-refractivity contribution < 1.29 is 31.5 Å². The van der Waals surface area contributed by atoms with Crippen LogP contribution in [0.15, 0.2) is 29.9 Å². The van der Waals surface area contributed by atoms with E-state index in [4.69, 9.17) is 0 Å². The number of amides is 3. The van der Waals surface area contributed by atoms with E-state index in [1.807, 2.05) is 5.32 Å². The lowest BCUT2D eigenvalue weighted by atomic mass is 9.81. The van der Waals surface area contributed by atoms with Crippen LogP contribution in [-0.4, -0.2) is 55.3 Å². The smallest absolute Gasteiger partial charge is 0.343 e. The molecule has 0 radical (unpaired) electrons. The molecule has 1 saturated heterocycles. The summed E-state index contributed by atoms with van der Waals surface area (Å²) in [6.07, 6.45) is -1.30. The fraction of sp³-hybridized carbons (Fsp3) is 0.500. The topological polar surface area (TPSA) is 91.6 Å². The van der Waals surface area contributed by atoms with Gasteiger partial charge >= 0.3 is 12.2 Å². The van der Waals surface area contributed by atoms with Crippen LogP contribution >= 0.6 is 11.5 Å². The van der Waals surface area contributed by atoms with Crippen LogP contribution in [0.1, 0.15) is 59.0 Å². The molecule has 2 aliphatic rings. The number of fused-ring (bicyclic) bond motifs is 1. The maximum atomic E-state index is 13.9. The Bertz CT molecular complexity index is 1350. The average Bonchev–Trinajstić information content (AvgIpc) is 3.56. The highest BCUT2D eigenvalue weighted by molar-refractivity contribution is 7.03. The number of urea groups is 1. The molecule has 0 aromatic carbocycles. The molecule has 8 nitrogen and oxygen atoms in total. The summed E-state index contributed by atoms with van der Waals surface area (Å²) >= 11 is 1.15. The van der Waals surface area contributed by atoms with Crippen molar-refractivity contribution in [2.24, 2.45) is 5.92 Å². The molecule has 2 fully saturated rings. The Labute approximate surface area is 218 Å². The molecule has 2 N–H and O–H groups in total. The predicted molar refractivity (Wildman–Crippen MR) is 128 cm³/mol. The monoisotopic (exact) mass is 556 g/mol. The first-order chi connectivity index (χ1) is 17.9. The van der Waals surface area contributed by atoms with Gasteiger partial charge in [-0.15, -0.1) is 0 Å². The van der Waals surface area contributed by atoms with Gasteiger partial charge in [0.05, 0.1) is 29.5 Å². The Kier molecular flexibility index (Phi) is 6.78. The fourth-order valence-electron chi connectivity index (χ4n) is 4.98. The molecular formula is C24H25F5N6O2S. The Morgan fingerprint density at radius 2 is 2.05 bits per heavy atom. The summed E-state index contributed by atoms with van der Waals surface area (Å²) in [5, 5.41) is 6.54. The highest BCUT2D eigenvalue weighted by Gasteiger charge is 2.46. The van der Waals surface area contributed by atoms with Crippen molar-refractivity contribution in [2.75, 3.05) is 6.54 Å². The zero-order valence-corrected chi connectivity index (χ0v) is 21.1. The highest BCUT2D eigenvalue weighted by Crippen LogP contribution is 2.41. The minimum atomic E-state index is -4.54. The molecule has 3 aromatic heterocycles. The molecular weight excluding hydrogens is 531 g/mol. The number of carbonyl (C=O) groups excluding carboxylic acids is 2. The Morgan fingerprint density at radius 3 is 2.68 bits per heavy atom. The van der Waals surface area contributed by atoms with Crippen LogP contribution in [0.2, 0.25) is 0 Å². The minimum Gasteiger partial charge on any atom is -0.343 e. The van der Waals surface area contributed by atoms with E-state index in [1.54, 1.807) is 41.2 Å². The molecule has 3 aromatic rings. The summed E-state index contributed by atoms with van der Waals surface area (Å²) < 4.78 is 72.6. The maximum absolute atomic E-state index is 13.9. The van der Waals surface area contributed by atoms with Gasteiger partial charge in [0, 0.05) is 37.2 Å². The number of halogens is 5. The van der Waals surface area contributed by atoms with Gasteiger partial charge in [-0.25, -0.2) is 18.6 Å². The average molecular weight is 557 g/mol. The second-order valence-electron chi connectivity index (χ2n) is 9.85. The Hall–Kier alpha value is -3.29. The number of carbonyl (C=O) groups is 2. The van der Waals surface area contributed by atoms with E-state index in [2.05, 4.69) is 14.7 Å². The second-order valence-corrected chi connectivity index (χ2v) is 10.5. The fourth-order valence-corrected chi connectivity index (χ4v) is 5.67. The molecule has 4 heterocycles. The zero-order chi connectivity index (χ0) is 27.2. The lowest BCUT2D eigenvalue weighted by Crippen LogP contribution is -2.40. The van der Waals surface area contributed by atoms with Crippen molar-refractivity contribution in [1.29, 1.82) is 0 Å². The van der Waals surface area contributed by atoms with Crippen molar-refractivity contribution >= 4 is 29.1 Å². The van der Waals surface area contributed by atoms with E-state index in [1.165, 1.54) is 0 Å². The maximum Gasteiger partial charge on any atom is 0.410 e. The van der Waals surface area contributed by atoms with Gasteiger partial charge in [0.25, 0.3) is 5.91 Å². The number of aryl methyl sites for hydroxylation is 1. The number of pyridine rings is 1. The molecule has 0 unspecified atom stereocenters. The zero-order valence-electron chi connectivity index (χ0n) is 20.3. The summed E-state index contributed by atoms with van der Waals surface area (Å²) in [6.45, 7) is 1.18. The van der Waals surface area contributed by atoms with Crippen LogP contribution in [-0.2, 0) is 6.54 Å². The van der Waals surface area contributed by atoms with E-state index < -0.39 is 36.8 Å². The molecule has 0 spiro atoms. The number of alkyl halides is 5. The van der Waals surface area contributed by atoms with Gasteiger partial charge in [-0.1, -0.05) is 0 Å². The van der Waals surface area contributed by atoms with Gasteiger partial charge in [0.2, 0.25) is 5.92 Å². The highest BCUT2D eigenvalue weighted by atomic mass is 32.1. The third-order valence-corrected chi connectivity index (χ3v) is 7.85. The van der Waals surface area contributed by atoms with Crippen molar-refractivity contribution in [2.45, 2.75) is 63.3 Å². The predicted octanol–water partition coefficient (Wildman–Crippen LogP) is 4.85. The van der Waals surface area contributed by atoms with Gasteiger partial charge in [-0.3, -0.25) is 4.79 Å². The lowest BCUT2D eigenvalue weighted by molar-refractivity contribution is -0.149. The summed E-state index contributed by atoms with van der Waals surface area (Å²) in [4.78, 5) is 30.8. The van der Waals surface area contributed by atoms with E-state index >= 15 is 0 Å². The number of nitrogens with zero attached hydrogens (tertiary/aromatic N) is 4. The van der Waals surface area contributed by atoms with Crippen molar-refractivity contribution in [3.63, 3.8) is 0 Å². The Morgan fingerprint density at radius 1 is 1.32 bits per heavy atom. The summed E-state index contributed by atoms with van der Waals surface area (Å²) in [7, 11) is 0. The molecule has 38 heavy (non-hydrogen) atoms. The quantitative estimate of drug-likeness (QED) is 0.425. The lowest BCUT2D eigenvalue weighted by Gasteiger charge is -2.33. The van der Waals surface area contributed by atoms with Crippen molar-refractivity contribution in [3.8, 4) is 0 Å². The number of nitrogens with one attached hydrogen (secondary N) is 2. The molecule has 5 rings (SSSR count). The molecule has 3 amide bonds. The second kappa shape index (κ2) is 9.79. The molecule has 1 aliphatic heterocycles. The first-order valence-electron chi connectivity index (χ1n) is 12.1. The molecule has 1 aliphatic carbocycles. The van der Waals surface area contributed by atoms with Crippen LogP contribution < -0.4 is 10.6 Å². The van der Waals surface area contributed by atoms with Crippen LogP contribution in [0.4, 0.5) is 26.7 Å². The van der Waals surface area contributed by atoms with E-state index in [0.717, 1.165) is 16.4 Å². The van der Waals surface area contributed by atoms with Crippen LogP contribution in [0, 0.1) is 12.8 Å². The van der Waals surface area contributed by atoms with Gasteiger partial charge in [0.1, 0.15) is 11.7 Å². The van der Waals surface area contributed by atoms with E-state index in [9.17, 15) is 31.5 Å². The van der Waals surface area contributed by atoms with E-state index in [-0.39, 0.29) is 44.1 Å². The number of imidazole rings is 1. The van der Waals surface area contributed by atoms with Gasteiger partial charge < -0.3 is 19.9 Å². The van der Waals surface area contributed by atoms with Gasteiger partial charge in [-0.05, 0) is 54.9 Å². The van der Waals surface area contributed by atoms with Gasteiger partial charge in [-0.2, -0.15) is 17.5 Å². The third-order valence-electron chi connectivity index (χ3n) is 7.13. The number of aromatic nitrogens is 3. The first kappa shape index (κ1) is 26.3. The normalized spacial score (nSPS) is 21.1. The van der Waals surface area contributed by atoms with Crippen molar-refractivity contribution in [1.82, 2.24) is 29.3 Å². The third kappa shape index (κ3) is 5.45. The molecule has 2 atom stereocenters.